The van der Waals surface area contributed by atoms with Crippen LogP contribution in [0.5, 0.6) is 0 Å². The van der Waals surface area contributed by atoms with Gasteiger partial charge in [-0.2, -0.15) is 0 Å². The molecule has 0 atom stereocenters. The first kappa shape index (κ1) is 20.3. The highest BCUT2D eigenvalue weighted by Crippen LogP contribution is 2.35. The number of carbonyl (C=O) groups excluding carboxylic acids is 1. The summed E-state index contributed by atoms with van der Waals surface area (Å²) in [6.45, 7) is 2.75. The summed E-state index contributed by atoms with van der Waals surface area (Å²) in [5, 5.41) is 0.971. The normalized spacial score (nSPS) is 14.1. The SMILES string of the molecule is NC(=O)c1cc(N2CCOCC2)cc2c1nc(-c1ccccn1)n2-c1ccnc2ccccc12. The average molecular weight is 451 g/mol. The second-order valence-corrected chi connectivity index (χ2v) is 8.16. The molecule has 1 aliphatic heterocycles. The number of fused-ring (bicyclic) bond motifs is 2. The number of pyridine rings is 2. The molecule has 0 aliphatic carbocycles. The number of anilines is 1. The van der Waals surface area contributed by atoms with Crippen molar-refractivity contribution in [1.29, 1.82) is 0 Å². The van der Waals surface area contributed by atoms with Crippen LogP contribution in [-0.4, -0.2) is 51.7 Å². The minimum Gasteiger partial charge on any atom is -0.378 e. The molecule has 4 heterocycles. The Morgan fingerprint density at radius 1 is 0.941 bits per heavy atom. The maximum absolute atomic E-state index is 12.6. The first-order valence-corrected chi connectivity index (χ1v) is 11.2. The van der Waals surface area contributed by atoms with Crippen LogP contribution in [0.2, 0.25) is 0 Å². The van der Waals surface area contributed by atoms with Gasteiger partial charge in [0.05, 0.1) is 35.5 Å². The average Bonchev–Trinajstić information content (AvgIpc) is 3.28. The summed E-state index contributed by atoms with van der Waals surface area (Å²) in [5.74, 6) is 0.116. The molecule has 0 unspecified atom stereocenters. The highest BCUT2D eigenvalue weighted by molar-refractivity contribution is 6.07. The molecule has 8 nitrogen and oxygen atoms in total. The molecule has 1 saturated heterocycles. The van der Waals surface area contributed by atoms with Gasteiger partial charge in [-0.25, -0.2) is 4.98 Å². The molecule has 1 aliphatic rings. The minimum absolute atomic E-state index is 0.383. The molecule has 0 spiro atoms. The van der Waals surface area contributed by atoms with Crippen molar-refractivity contribution in [2.45, 2.75) is 0 Å². The summed E-state index contributed by atoms with van der Waals surface area (Å²) in [6, 6.07) is 19.5. The third kappa shape index (κ3) is 3.36. The van der Waals surface area contributed by atoms with Crippen molar-refractivity contribution in [1.82, 2.24) is 19.5 Å². The fourth-order valence-corrected chi connectivity index (χ4v) is 4.54. The predicted molar refractivity (Wildman–Crippen MR) is 131 cm³/mol. The monoisotopic (exact) mass is 450 g/mol. The highest BCUT2D eigenvalue weighted by atomic mass is 16.5. The lowest BCUT2D eigenvalue weighted by Crippen LogP contribution is -2.36. The van der Waals surface area contributed by atoms with E-state index in [4.69, 9.17) is 15.5 Å². The molecular weight excluding hydrogens is 428 g/mol. The van der Waals surface area contributed by atoms with Crippen LogP contribution < -0.4 is 10.6 Å². The number of benzene rings is 2. The van der Waals surface area contributed by atoms with Crippen molar-refractivity contribution >= 4 is 33.5 Å². The van der Waals surface area contributed by atoms with Crippen LogP contribution in [0.4, 0.5) is 5.69 Å². The molecule has 0 bridgehead atoms. The van der Waals surface area contributed by atoms with Gasteiger partial charge < -0.3 is 15.4 Å². The first-order valence-electron chi connectivity index (χ1n) is 11.2. The van der Waals surface area contributed by atoms with E-state index in [9.17, 15) is 4.79 Å². The van der Waals surface area contributed by atoms with Crippen LogP contribution in [-0.2, 0) is 4.74 Å². The number of primary amides is 1. The quantitative estimate of drug-likeness (QED) is 0.449. The Morgan fingerprint density at radius 2 is 1.76 bits per heavy atom. The van der Waals surface area contributed by atoms with Crippen LogP contribution in [0.3, 0.4) is 0 Å². The van der Waals surface area contributed by atoms with Crippen molar-refractivity contribution in [3.8, 4) is 17.2 Å². The molecule has 6 rings (SSSR count). The van der Waals surface area contributed by atoms with Gasteiger partial charge in [-0.15, -0.1) is 0 Å². The Hall–Kier alpha value is -4.30. The van der Waals surface area contributed by atoms with Gasteiger partial charge in [-0.05, 0) is 36.4 Å². The zero-order valence-corrected chi connectivity index (χ0v) is 18.4. The Bertz CT molecular complexity index is 1520. The van der Waals surface area contributed by atoms with Crippen LogP contribution in [0.1, 0.15) is 10.4 Å². The lowest BCUT2D eigenvalue weighted by molar-refractivity contribution is 0.100. The molecule has 2 aromatic carbocycles. The molecule has 3 aromatic heterocycles. The van der Waals surface area contributed by atoms with Crippen molar-refractivity contribution in [3.63, 3.8) is 0 Å². The minimum atomic E-state index is -0.517. The molecular formula is C26H22N6O2. The van der Waals surface area contributed by atoms with Gasteiger partial charge in [0.15, 0.2) is 5.82 Å². The maximum atomic E-state index is 12.6. The zero-order valence-electron chi connectivity index (χ0n) is 18.4. The second kappa shape index (κ2) is 8.24. The van der Waals surface area contributed by atoms with E-state index in [1.807, 2.05) is 54.6 Å². The Labute approximate surface area is 195 Å². The van der Waals surface area contributed by atoms with Gasteiger partial charge in [0, 0.05) is 36.6 Å². The molecule has 2 N–H and O–H groups in total. The summed E-state index contributed by atoms with van der Waals surface area (Å²) < 4.78 is 7.58. The summed E-state index contributed by atoms with van der Waals surface area (Å²) in [4.78, 5) is 28.8. The fraction of sp³-hybridized carbons (Fsp3) is 0.154. The van der Waals surface area contributed by atoms with Gasteiger partial charge in [0.1, 0.15) is 11.2 Å². The molecule has 0 saturated carbocycles. The van der Waals surface area contributed by atoms with Gasteiger partial charge in [0.25, 0.3) is 5.91 Å². The van der Waals surface area contributed by atoms with Gasteiger partial charge >= 0.3 is 0 Å². The Balaban J connectivity index is 1.72. The Kier molecular flexibility index (Phi) is 4.92. The highest BCUT2D eigenvalue weighted by Gasteiger charge is 2.23. The summed E-state index contributed by atoms with van der Waals surface area (Å²) in [5.41, 5.74) is 11.0. The van der Waals surface area contributed by atoms with E-state index in [-0.39, 0.29) is 0 Å². The number of hydrogen-bond donors (Lipinski definition) is 1. The van der Waals surface area contributed by atoms with Gasteiger partial charge in [0.2, 0.25) is 0 Å². The maximum Gasteiger partial charge on any atom is 0.251 e. The van der Waals surface area contributed by atoms with E-state index in [1.165, 1.54) is 0 Å². The van der Waals surface area contributed by atoms with E-state index in [0.29, 0.717) is 35.8 Å². The fourth-order valence-electron chi connectivity index (χ4n) is 4.54. The standard InChI is InChI=1S/C26H22N6O2/c27-25(33)19-15-17(31-11-13-34-14-12-31)16-23-24(19)30-26(21-7-3-4-9-28-21)32(23)22-8-10-29-20-6-2-1-5-18(20)22/h1-10,15-16H,11-14H2,(H2,27,33). The van der Waals surface area contributed by atoms with Gasteiger partial charge in [-0.3, -0.25) is 19.3 Å². The van der Waals surface area contributed by atoms with Crippen molar-refractivity contribution in [3.05, 3.63) is 78.6 Å². The summed E-state index contributed by atoms with van der Waals surface area (Å²) in [7, 11) is 0. The zero-order chi connectivity index (χ0) is 23.1. The van der Waals surface area contributed by atoms with E-state index < -0.39 is 5.91 Å². The van der Waals surface area contributed by atoms with E-state index >= 15 is 0 Å². The summed E-state index contributed by atoms with van der Waals surface area (Å²) >= 11 is 0. The molecule has 34 heavy (non-hydrogen) atoms. The van der Waals surface area contributed by atoms with Crippen LogP contribution >= 0.6 is 0 Å². The number of rotatable bonds is 4. The van der Waals surface area contributed by atoms with E-state index in [1.54, 1.807) is 12.4 Å². The largest absolute Gasteiger partial charge is 0.378 e. The van der Waals surface area contributed by atoms with E-state index in [2.05, 4.69) is 25.5 Å². The smallest absolute Gasteiger partial charge is 0.251 e. The number of nitrogens with two attached hydrogens (primary N) is 1. The predicted octanol–water partition coefficient (Wildman–Crippen LogP) is 3.57. The number of para-hydroxylation sites is 1. The molecule has 1 fully saturated rings. The van der Waals surface area contributed by atoms with Crippen molar-refractivity contribution in [2.75, 3.05) is 31.2 Å². The number of ether oxygens (including phenoxy) is 1. The van der Waals surface area contributed by atoms with E-state index in [0.717, 1.165) is 40.9 Å². The number of morpholine rings is 1. The lowest BCUT2D eigenvalue weighted by atomic mass is 10.1. The second-order valence-electron chi connectivity index (χ2n) is 8.16. The first-order chi connectivity index (χ1) is 16.7. The number of amides is 1. The van der Waals surface area contributed by atoms with Crippen LogP contribution in [0.25, 0.3) is 39.1 Å². The number of hydrogen-bond acceptors (Lipinski definition) is 6. The van der Waals surface area contributed by atoms with Crippen molar-refractivity contribution < 1.29 is 9.53 Å². The van der Waals surface area contributed by atoms with Crippen LogP contribution in [0, 0.1) is 0 Å². The molecule has 1 amide bonds. The third-order valence-electron chi connectivity index (χ3n) is 6.15. The number of nitrogens with zero attached hydrogens (tertiary/aromatic N) is 5. The van der Waals surface area contributed by atoms with Gasteiger partial charge in [-0.1, -0.05) is 24.3 Å². The van der Waals surface area contributed by atoms with Crippen LogP contribution in [0.15, 0.2) is 73.1 Å². The topological polar surface area (TPSA) is 99.2 Å². The van der Waals surface area contributed by atoms with Crippen molar-refractivity contribution in [2.24, 2.45) is 5.73 Å². The number of carbonyl (C=O) groups is 1. The Morgan fingerprint density at radius 3 is 2.56 bits per heavy atom. The number of aromatic nitrogens is 4. The third-order valence-corrected chi connectivity index (χ3v) is 6.15. The molecule has 0 radical (unpaired) electrons. The molecule has 8 heteroatoms. The molecule has 168 valence electrons. The molecule has 5 aromatic rings. The number of imidazole rings is 1. The lowest BCUT2D eigenvalue weighted by Gasteiger charge is -2.29. The summed E-state index contributed by atoms with van der Waals surface area (Å²) in [6.07, 6.45) is 3.52.